The van der Waals surface area contributed by atoms with Crippen LogP contribution < -0.4 is 0 Å². The first-order valence-corrected chi connectivity index (χ1v) is 6.73. The number of hydrogen-bond acceptors (Lipinski definition) is 2. The van der Waals surface area contributed by atoms with Crippen molar-refractivity contribution in [3.8, 4) is 11.1 Å². The monoisotopic (exact) mass is 311 g/mol. The zero-order chi connectivity index (χ0) is 16.3. The van der Waals surface area contributed by atoms with Crippen molar-refractivity contribution < 1.29 is 22.7 Å². The topological polar surface area (TPSA) is 42.1 Å². The van der Waals surface area contributed by atoms with Gasteiger partial charge < -0.3 is 9.72 Å². The van der Waals surface area contributed by atoms with Crippen molar-refractivity contribution in [1.82, 2.24) is 4.98 Å². The Morgan fingerprint density at radius 3 is 2.55 bits per heavy atom. The highest BCUT2D eigenvalue weighted by Gasteiger charge is 2.31. The Hall–Kier alpha value is -2.24. The zero-order valence-corrected chi connectivity index (χ0v) is 12.3. The van der Waals surface area contributed by atoms with Gasteiger partial charge in [-0.25, -0.2) is 0 Å². The lowest BCUT2D eigenvalue weighted by atomic mass is 10.0. The maximum Gasteiger partial charge on any atom is 0.416 e. The molecular formula is C16H16F3NO2. The normalized spacial score (nSPS) is 11.5. The van der Waals surface area contributed by atoms with Gasteiger partial charge in [-0.1, -0.05) is 6.07 Å². The second-order valence-corrected chi connectivity index (χ2v) is 5.08. The predicted octanol–water partition coefficient (Wildman–Crippen LogP) is 4.11. The molecule has 1 N–H and O–H groups in total. The smallest absolute Gasteiger partial charge is 0.416 e. The summed E-state index contributed by atoms with van der Waals surface area (Å²) in [6.07, 6.45) is -2.06. The van der Waals surface area contributed by atoms with E-state index < -0.39 is 11.7 Å². The van der Waals surface area contributed by atoms with Crippen molar-refractivity contribution in [3.63, 3.8) is 0 Å². The maximum atomic E-state index is 12.9. The molecule has 0 unspecified atom stereocenters. The quantitative estimate of drug-likeness (QED) is 0.863. The number of rotatable bonds is 4. The molecule has 0 aliphatic carbocycles. The molecule has 118 valence electrons. The average Bonchev–Trinajstić information content (AvgIpc) is 2.92. The van der Waals surface area contributed by atoms with E-state index in [1.54, 1.807) is 25.3 Å². The third-order valence-electron chi connectivity index (χ3n) is 3.31. The number of ether oxygens (including phenoxy) is 1. The van der Waals surface area contributed by atoms with E-state index in [1.165, 1.54) is 7.11 Å². The highest BCUT2D eigenvalue weighted by Crippen LogP contribution is 2.33. The maximum absolute atomic E-state index is 12.9. The minimum atomic E-state index is -4.37. The molecule has 0 amide bonds. The van der Waals surface area contributed by atoms with Crippen LogP contribution in [0.2, 0.25) is 0 Å². The van der Waals surface area contributed by atoms with Crippen LogP contribution in [0.25, 0.3) is 11.1 Å². The molecule has 0 aliphatic heterocycles. The van der Waals surface area contributed by atoms with Gasteiger partial charge in [0.05, 0.1) is 19.1 Å². The standard InChI is InChI=1S/C16H16F3NO2/c1-10-5-11(7-13(6-10)16(17,18)19)12-8-14(20-9-12)3-4-15(21)22-2/h5-9,20H,3-4H2,1-2H3. The van der Waals surface area contributed by atoms with Crippen LogP contribution in [-0.2, 0) is 22.1 Å². The summed E-state index contributed by atoms with van der Waals surface area (Å²) >= 11 is 0. The molecule has 0 atom stereocenters. The van der Waals surface area contributed by atoms with Gasteiger partial charge in [0.2, 0.25) is 0 Å². The summed E-state index contributed by atoms with van der Waals surface area (Å²) in [7, 11) is 1.31. The second-order valence-electron chi connectivity index (χ2n) is 5.08. The molecule has 0 aliphatic rings. The number of nitrogens with one attached hydrogen (secondary N) is 1. The van der Waals surface area contributed by atoms with Crippen molar-refractivity contribution in [2.45, 2.75) is 25.9 Å². The number of aryl methyl sites for hydroxylation is 2. The fourth-order valence-corrected chi connectivity index (χ4v) is 2.20. The van der Waals surface area contributed by atoms with Crippen molar-refractivity contribution in [2.75, 3.05) is 7.11 Å². The molecule has 3 nitrogen and oxygen atoms in total. The number of H-pyrrole nitrogens is 1. The Bertz CT molecular complexity index is 674. The number of halogens is 3. The summed E-state index contributed by atoms with van der Waals surface area (Å²) in [6, 6.07) is 5.69. The van der Waals surface area contributed by atoms with Gasteiger partial charge in [-0.2, -0.15) is 13.2 Å². The van der Waals surface area contributed by atoms with E-state index in [1.807, 2.05) is 0 Å². The average molecular weight is 311 g/mol. The van der Waals surface area contributed by atoms with Crippen LogP contribution in [0.15, 0.2) is 30.5 Å². The zero-order valence-electron chi connectivity index (χ0n) is 12.3. The van der Waals surface area contributed by atoms with E-state index in [0.29, 0.717) is 23.1 Å². The summed E-state index contributed by atoms with van der Waals surface area (Å²) < 4.78 is 43.1. The minimum Gasteiger partial charge on any atom is -0.469 e. The molecule has 0 fully saturated rings. The van der Waals surface area contributed by atoms with Crippen molar-refractivity contribution in [2.24, 2.45) is 0 Å². The first-order chi connectivity index (χ1) is 10.3. The molecule has 22 heavy (non-hydrogen) atoms. The van der Waals surface area contributed by atoms with Crippen molar-refractivity contribution >= 4 is 5.97 Å². The first kappa shape index (κ1) is 16.1. The van der Waals surface area contributed by atoms with E-state index in [2.05, 4.69) is 9.72 Å². The van der Waals surface area contributed by atoms with Gasteiger partial charge in [-0.15, -0.1) is 0 Å². The molecule has 2 rings (SSSR count). The number of benzene rings is 1. The van der Waals surface area contributed by atoms with Crippen LogP contribution in [0.1, 0.15) is 23.2 Å². The van der Waals surface area contributed by atoms with E-state index in [4.69, 9.17) is 0 Å². The lowest BCUT2D eigenvalue weighted by molar-refractivity contribution is -0.140. The highest BCUT2D eigenvalue weighted by molar-refractivity contribution is 5.70. The third kappa shape index (κ3) is 3.90. The Morgan fingerprint density at radius 2 is 1.91 bits per heavy atom. The van der Waals surface area contributed by atoms with Crippen LogP contribution in [0.5, 0.6) is 0 Å². The van der Waals surface area contributed by atoms with Crippen LogP contribution in [0.4, 0.5) is 13.2 Å². The third-order valence-corrected chi connectivity index (χ3v) is 3.31. The number of alkyl halides is 3. The summed E-state index contributed by atoms with van der Waals surface area (Å²) in [5, 5.41) is 0. The van der Waals surface area contributed by atoms with Gasteiger partial charge in [-0.05, 0) is 48.2 Å². The number of methoxy groups -OCH3 is 1. The molecule has 0 saturated heterocycles. The predicted molar refractivity (Wildman–Crippen MR) is 76.3 cm³/mol. The number of aromatic amines is 1. The fourth-order valence-electron chi connectivity index (χ4n) is 2.20. The lowest BCUT2D eigenvalue weighted by Crippen LogP contribution is -2.05. The minimum absolute atomic E-state index is 0.220. The van der Waals surface area contributed by atoms with Gasteiger partial charge in [0, 0.05) is 11.9 Å². The molecule has 1 aromatic carbocycles. The van der Waals surface area contributed by atoms with E-state index in [9.17, 15) is 18.0 Å². The van der Waals surface area contributed by atoms with Crippen molar-refractivity contribution in [1.29, 1.82) is 0 Å². The Kier molecular flexibility index (Phi) is 4.59. The molecule has 1 aromatic heterocycles. The number of hydrogen-bond donors (Lipinski definition) is 1. The fraction of sp³-hybridized carbons (Fsp3) is 0.312. The van der Waals surface area contributed by atoms with Crippen LogP contribution >= 0.6 is 0 Å². The number of aromatic nitrogens is 1. The van der Waals surface area contributed by atoms with Gasteiger partial charge in [-0.3, -0.25) is 4.79 Å². The summed E-state index contributed by atoms with van der Waals surface area (Å²) in [6.45, 7) is 1.63. The molecule has 2 aromatic rings. The molecule has 0 bridgehead atoms. The molecule has 1 heterocycles. The van der Waals surface area contributed by atoms with Crippen LogP contribution in [0.3, 0.4) is 0 Å². The summed E-state index contributed by atoms with van der Waals surface area (Å²) in [5.74, 6) is -0.328. The Morgan fingerprint density at radius 1 is 1.18 bits per heavy atom. The molecule has 0 spiro atoms. The second kappa shape index (κ2) is 6.25. The first-order valence-electron chi connectivity index (χ1n) is 6.73. The van der Waals surface area contributed by atoms with Gasteiger partial charge in [0.15, 0.2) is 0 Å². The molecule has 0 saturated carbocycles. The van der Waals surface area contributed by atoms with Crippen molar-refractivity contribution in [3.05, 3.63) is 47.3 Å². The van der Waals surface area contributed by atoms with Gasteiger partial charge >= 0.3 is 12.1 Å². The van der Waals surface area contributed by atoms with Crippen LogP contribution in [0, 0.1) is 6.92 Å². The van der Waals surface area contributed by atoms with E-state index in [-0.39, 0.29) is 12.4 Å². The van der Waals surface area contributed by atoms with Gasteiger partial charge in [0.1, 0.15) is 0 Å². The lowest BCUT2D eigenvalue weighted by Gasteiger charge is -2.09. The van der Waals surface area contributed by atoms with Crippen LogP contribution in [-0.4, -0.2) is 18.1 Å². The van der Waals surface area contributed by atoms with E-state index in [0.717, 1.165) is 17.8 Å². The largest absolute Gasteiger partial charge is 0.469 e. The number of carbonyl (C=O) groups excluding carboxylic acids is 1. The van der Waals surface area contributed by atoms with E-state index >= 15 is 0 Å². The molecule has 0 radical (unpaired) electrons. The number of esters is 1. The highest BCUT2D eigenvalue weighted by atomic mass is 19.4. The summed E-state index contributed by atoms with van der Waals surface area (Å²) in [4.78, 5) is 14.1. The molecular weight excluding hydrogens is 295 g/mol. The molecule has 6 heteroatoms. The van der Waals surface area contributed by atoms with Gasteiger partial charge in [0.25, 0.3) is 0 Å². The summed E-state index contributed by atoms with van der Waals surface area (Å²) in [5.41, 5.74) is 1.80. The SMILES string of the molecule is COC(=O)CCc1cc(-c2cc(C)cc(C(F)(F)F)c2)c[nH]1. The number of carbonyl (C=O) groups is 1. The Balaban J connectivity index is 2.24. The Labute approximate surface area is 126 Å².